The summed E-state index contributed by atoms with van der Waals surface area (Å²) < 4.78 is 0. The van der Waals surface area contributed by atoms with E-state index in [1.807, 2.05) is 24.4 Å². The lowest BCUT2D eigenvalue weighted by molar-refractivity contribution is 0.411. The summed E-state index contributed by atoms with van der Waals surface area (Å²) in [6.07, 6.45) is 4.22. The molecule has 1 aliphatic rings. The molecule has 0 bridgehead atoms. The second-order valence-electron chi connectivity index (χ2n) is 5.70. The summed E-state index contributed by atoms with van der Waals surface area (Å²) in [6, 6.07) is 10.3. The molecule has 1 aromatic heterocycles. The quantitative estimate of drug-likeness (QED) is 0.940. The van der Waals surface area contributed by atoms with E-state index in [1.165, 1.54) is 5.56 Å². The summed E-state index contributed by atoms with van der Waals surface area (Å²) in [7, 11) is 0. The molecular formula is C17H22N4. The van der Waals surface area contributed by atoms with Gasteiger partial charge in [-0.15, -0.1) is 0 Å². The van der Waals surface area contributed by atoms with E-state index in [0.717, 1.165) is 49.7 Å². The van der Waals surface area contributed by atoms with E-state index < -0.39 is 0 Å². The van der Waals surface area contributed by atoms with Gasteiger partial charge in [-0.3, -0.25) is 0 Å². The number of benzene rings is 1. The molecule has 1 aromatic carbocycles. The largest absolute Gasteiger partial charge is 0.341 e. The van der Waals surface area contributed by atoms with Crippen LogP contribution in [-0.4, -0.2) is 29.6 Å². The third kappa shape index (κ3) is 3.05. The van der Waals surface area contributed by atoms with E-state index in [-0.39, 0.29) is 0 Å². The molecule has 1 saturated heterocycles. The number of anilines is 1. The Bertz CT molecular complexity index is 589. The SMILES string of the molecule is Cc1nc(N2CCC(CN)CC2)ncc1-c1ccccc1. The van der Waals surface area contributed by atoms with Crippen LogP contribution in [0.3, 0.4) is 0 Å². The zero-order valence-corrected chi connectivity index (χ0v) is 12.5. The number of piperidine rings is 1. The van der Waals surface area contributed by atoms with Crippen LogP contribution in [0.15, 0.2) is 36.5 Å². The van der Waals surface area contributed by atoms with Crippen molar-refractivity contribution in [3.8, 4) is 11.1 Å². The summed E-state index contributed by atoms with van der Waals surface area (Å²) in [5, 5.41) is 0. The van der Waals surface area contributed by atoms with Gasteiger partial charge in [0, 0.05) is 24.8 Å². The fourth-order valence-electron chi connectivity index (χ4n) is 2.88. The van der Waals surface area contributed by atoms with Crippen LogP contribution in [0, 0.1) is 12.8 Å². The lowest BCUT2D eigenvalue weighted by atomic mass is 9.97. The van der Waals surface area contributed by atoms with Crippen LogP contribution in [0.25, 0.3) is 11.1 Å². The van der Waals surface area contributed by atoms with Crippen molar-refractivity contribution in [3.05, 3.63) is 42.2 Å². The molecule has 0 spiro atoms. The monoisotopic (exact) mass is 282 g/mol. The summed E-state index contributed by atoms with van der Waals surface area (Å²) >= 11 is 0. The molecular weight excluding hydrogens is 260 g/mol. The van der Waals surface area contributed by atoms with E-state index in [4.69, 9.17) is 10.7 Å². The molecule has 0 radical (unpaired) electrons. The highest BCUT2D eigenvalue weighted by Crippen LogP contribution is 2.24. The minimum atomic E-state index is 0.658. The van der Waals surface area contributed by atoms with E-state index in [0.29, 0.717) is 5.92 Å². The molecule has 2 aromatic rings. The predicted molar refractivity (Wildman–Crippen MR) is 86.2 cm³/mol. The zero-order chi connectivity index (χ0) is 14.7. The van der Waals surface area contributed by atoms with Crippen LogP contribution < -0.4 is 10.6 Å². The molecule has 3 rings (SSSR count). The molecule has 1 aliphatic heterocycles. The van der Waals surface area contributed by atoms with Gasteiger partial charge in [-0.2, -0.15) is 0 Å². The summed E-state index contributed by atoms with van der Waals surface area (Å²) in [4.78, 5) is 11.6. The molecule has 0 amide bonds. The Kier molecular flexibility index (Phi) is 4.15. The van der Waals surface area contributed by atoms with Gasteiger partial charge in [0.25, 0.3) is 0 Å². The molecule has 0 aliphatic carbocycles. The average molecular weight is 282 g/mol. The Hall–Kier alpha value is -1.94. The molecule has 0 atom stereocenters. The van der Waals surface area contributed by atoms with E-state index in [2.05, 4.69) is 28.9 Å². The number of aromatic nitrogens is 2. The summed E-state index contributed by atoms with van der Waals surface area (Å²) in [6.45, 7) is 4.86. The second kappa shape index (κ2) is 6.22. The van der Waals surface area contributed by atoms with Crippen LogP contribution in [0.4, 0.5) is 5.95 Å². The van der Waals surface area contributed by atoms with Gasteiger partial charge in [-0.1, -0.05) is 30.3 Å². The van der Waals surface area contributed by atoms with Gasteiger partial charge in [0.05, 0.1) is 5.69 Å². The Morgan fingerprint density at radius 1 is 1.19 bits per heavy atom. The van der Waals surface area contributed by atoms with Crippen LogP contribution in [-0.2, 0) is 0 Å². The molecule has 21 heavy (non-hydrogen) atoms. The lowest BCUT2D eigenvalue weighted by Gasteiger charge is -2.31. The van der Waals surface area contributed by atoms with E-state index in [9.17, 15) is 0 Å². The maximum absolute atomic E-state index is 5.75. The number of nitrogens with zero attached hydrogens (tertiary/aromatic N) is 3. The first-order valence-corrected chi connectivity index (χ1v) is 7.62. The topological polar surface area (TPSA) is 55.0 Å². The first-order valence-electron chi connectivity index (χ1n) is 7.62. The molecule has 4 nitrogen and oxygen atoms in total. The van der Waals surface area contributed by atoms with Gasteiger partial charge in [-0.25, -0.2) is 9.97 Å². The minimum absolute atomic E-state index is 0.658. The molecule has 0 saturated carbocycles. The Balaban J connectivity index is 1.79. The molecule has 2 N–H and O–H groups in total. The first-order chi connectivity index (χ1) is 10.3. The van der Waals surface area contributed by atoms with Gasteiger partial charge in [-0.05, 0) is 37.8 Å². The van der Waals surface area contributed by atoms with Crippen LogP contribution >= 0.6 is 0 Å². The van der Waals surface area contributed by atoms with Crippen molar-refractivity contribution in [2.24, 2.45) is 11.7 Å². The fraction of sp³-hybridized carbons (Fsp3) is 0.412. The van der Waals surface area contributed by atoms with Gasteiger partial charge < -0.3 is 10.6 Å². The Labute approximate surface area is 126 Å². The van der Waals surface area contributed by atoms with Crippen molar-refractivity contribution in [1.29, 1.82) is 0 Å². The molecule has 1 fully saturated rings. The number of hydrogen-bond donors (Lipinski definition) is 1. The number of aryl methyl sites for hydroxylation is 1. The van der Waals surface area contributed by atoms with Gasteiger partial charge in [0.2, 0.25) is 5.95 Å². The number of rotatable bonds is 3. The normalized spacial score (nSPS) is 16.2. The van der Waals surface area contributed by atoms with Crippen molar-refractivity contribution < 1.29 is 0 Å². The van der Waals surface area contributed by atoms with Gasteiger partial charge in [0.15, 0.2) is 0 Å². The van der Waals surface area contributed by atoms with Crippen molar-refractivity contribution in [2.75, 3.05) is 24.5 Å². The smallest absolute Gasteiger partial charge is 0.225 e. The maximum atomic E-state index is 5.75. The van der Waals surface area contributed by atoms with Gasteiger partial charge >= 0.3 is 0 Å². The first kappa shape index (κ1) is 14.0. The third-order valence-corrected chi connectivity index (χ3v) is 4.28. The summed E-state index contributed by atoms with van der Waals surface area (Å²) in [5.41, 5.74) is 9.06. The molecule has 0 unspecified atom stereocenters. The van der Waals surface area contributed by atoms with Crippen molar-refractivity contribution in [1.82, 2.24) is 9.97 Å². The number of hydrogen-bond acceptors (Lipinski definition) is 4. The molecule has 2 heterocycles. The molecule has 110 valence electrons. The van der Waals surface area contributed by atoms with Crippen molar-refractivity contribution in [3.63, 3.8) is 0 Å². The lowest BCUT2D eigenvalue weighted by Crippen LogP contribution is -2.37. The third-order valence-electron chi connectivity index (χ3n) is 4.28. The van der Waals surface area contributed by atoms with Gasteiger partial charge in [0.1, 0.15) is 0 Å². The van der Waals surface area contributed by atoms with Crippen LogP contribution in [0.2, 0.25) is 0 Å². The fourth-order valence-corrected chi connectivity index (χ4v) is 2.88. The van der Waals surface area contributed by atoms with E-state index >= 15 is 0 Å². The number of nitrogens with two attached hydrogens (primary N) is 1. The second-order valence-corrected chi connectivity index (χ2v) is 5.70. The Morgan fingerprint density at radius 3 is 2.52 bits per heavy atom. The van der Waals surface area contributed by atoms with Crippen LogP contribution in [0.5, 0.6) is 0 Å². The van der Waals surface area contributed by atoms with Crippen molar-refractivity contribution >= 4 is 5.95 Å². The highest BCUT2D eigenvalue weighted by atomic mass is 15.2. The standard InChI is InChI=1S/C17H22N4/c1-13-16(15-5-3-2-4-6-15)12-19-17(20-13)21-9-7-14(11-18)8-10-21/h2-6,12,14H,7-11,18H2,1H3. The zero-order valence-electron chi connectivity index (χ0n) is 12.5. The average Bonchev–Trinajstić information content (AvgIpc) is 2.55. The highest BCUT2D eigenvalue weighted by molar-refractivity contribution is 5.65. The summed E-state index contributed by atoms with van der Waals surface area (Å²) in [5.74, 6) is 1.51. The molecule has 4 heteroatoms. The minimum Gasteiger partial charge on any atom is -0.341 e. The van der Waals surface area contributed by atoms with E-state index in [1.54, 1.807) is 0 Å². The predicted octanol–water partition coefficient (Wildman–Crippen LogP) is 2.63. The maximum Gasteiger partial charge on any atom is 0.225 e. The van der Waals surface area contributed by atoms with Crippen LogP contribution in [0.1, 0.15) is 18.5 Å². The van der Waals surface area contributed by atoms with Crippen molar-refractivity contribution in [2.45, 2.75) is 19.8 Å². The highest BCUT2D eigenvalue weighted by Gasteiger charge is 2.20. The Morgan fingerprint density at radius 2 is 1.90 bits per heavy atom.